The van der Waals surface area contributed by atoms with Crippen molar-refractivity contribution < 1.29 is 8.42 Å². The van der Waals surface area contributed by atoms with E-state index < -0.39 is 10.0 Å². The number of anilines is 1. The number of hydrogen-bond acceptors (Lipinski definition) is 6. The lowest BCUT2D eigenvalue weighted by molar-refractivity contribution is 0.603. The molecule has 2 rings (SSSR count). The first-order valence-corrected chi connectivity index (χ1v) is 8.49. The summed E-state index contributed by atoms with van der Waals surface area (Å²) in [5, 5.41) is 3.24. The average Bonchev–Trinajstić information content (AvgIpc) is 2.89. The second kappa shape index (κ2) is 6.78. The van der Waals surface area contributed by atoms with Crippen LogP contribution in [-0.2, 0) is 16.6 Å². The van der Waals surface area contributed by atoms with Gasteiger partial charge in [-0.3, -0.25) is 4.72 Å². The maximum Gasteiger partial charge on any atom is 0.271 e. The third-order valence-corrected chi connectivity index (χ3v) is 5.40. The highest BCUT2D eigenvalue weighted by molar-refractivity contribution is 7.94. The van der Waals surface area contributed by atoms with Gasteiger partial charge in [-0.15, -0.1) is 11.3 Å². The Bertz CT molecular complexity index is 640. The van der Waals surface area contributed by atoms with Crippen molar-refractivity contribution in [2.75, 3.05) is 11.3 Å². The normalized spacial score (nSPS) is 11.4. The van der Waals surface area contributed by atoms with Crippen molar-refractivity contribution in [1.29, 1.82) is 0 Å². The molecule has 2 aromatic rings. The minimum atomic E-state index is -3.56. The van der Waals surface area contributed by atoms with Gasteiger partial charge in [0.1, 0.15) is 10.5 Å². The van der Waals surface area contributed by atoms with Crippen molar-refractivity contribution in [3.8, 4) is 0 Å². The Kier molecular flexibility index (Phi) is 5.05. The van der Waals surface area contributed by atoms with Gasteiger partial charge < -0.3 is 5.32 Å². The molecule has 0 radical (unpaired) electrons. The summed E-state index contributed by atoms with van der Waals surface area (Å²) in [7, 11) is -3.56. The molecule has 0 fully saturated rings. The highest BCUT2D eigenvalue weighted by Gasteiger charge is 2.17. The molecular weight excluding hydrogens is 296 g/mol. The lowest BCUT2D eigenvalue weighted by atomic mass is 10.4. The summed E-state index contributed by atoms with van der Waals surface area (Å²) in [6, 6.07) is 3.43. The van der Waals surface area contributed by atoms with Crippen molar-refractivity contribution in [3.05, 3.63) is 35.7 Å². The van der Waals surface area contributed by atoms with Crippen molar-refractivity contribution in [3.63, 3.8) is 0 Å². The molecule has 0 aliphatic rings. The van der Waals surface area contributed by atoms with Crippen LogP contribution in [0.25, 0.3) is 0 Å². The van der Waals surface area contributed by atoms with Gasteiger partial charge in [-0.25, -0.2) is 18.4 Å². The summed E-state index contributed by atoms with van der Waals surface area (Å²) in [6.45, 7) is 3.69. The predicted molar refractivity (Wildman–Crippen MR) is 79.2 cm³/mol. The van der Waals surface area contributed by atoms with E-state index in [1.165, 1.54) is 30.1 Å². The van der Waals surface area contributed by atoms with Crippen LogP contribution in [0.2, 0.25) is 0 Å². The van der Waals surface area contributed by atoms with Crippen LogP contribution in [0.1, 0.15) is 18.2 Å². The van der Waals surface area contributed by atoms with Crippen LogP contribution in [0.5, 0.6) is 0 Å². The van der Waals surface area contributed by atoms with Crippen molar-refractivity contribution >= 4 is 27.0 Å². The largest absolute Gasteiger partial charge is 0.312 e. The molecule has 0 unspecified atom stereocenters. The second-order valence-corrected chi connectivity index (χ2v) is 7.21. The van der Waals surface area contributed by atoms with Crippen molar-refractivity contribution in [1.82, 2.24) is 15.3 Å². The topological polar surface area (TPSA) is 84.0 Å². The molecule has 0 spiro atoms. The first-order chi connectivity index (χ1) is 9.62. The summed E-state index contributed by atoms with van der Waals surface area (Å²) in [5.74, 6) is 0. The first-order valence-electron chi connectivity index (χ1n) is 6.19. The number of aromatic nitrogens is 2. The molecule has 0 atom stereocenters. The SMILES string of the molecule is CCCNCc1ccc(S(=O)(=O)Nc2cncnc2)s1. The van der Waals surface area contributed by atoms with E-state index in [1.54, 1.807) is 6.07 Å². The molecule has 2 N–H and O–H groups in total. The second-order valence-electron chi connectivity index (χ2n) is 4.13. The van der Waals surface area contributed by atoms with Crippen LogP contribution in [0.3, 0.4) is 0 Å². The number of rotatable bonds is 7. The van der Waals surface area contributed by atoms with E-state index in [0.29, 0.717) is 12.2 Å². The van der Waals surface area contributed by atoms with Gasteiger partial charge in [-0.1, -0.05) is 6.92 Å². The predicted octanol–water partition coefficient (Wildman–Crippen LogP) is 1.84. The average molecular weight is 312 g/mol. The van der Waals surface area contributed by atoms with Crippen LogP contribution >= 0.6 is 11.3 Å². The molecule has 2 aromatic heterocycles. The van der Waals surface area contributed by atoms with Gasteiger partial charge >= 0.3 is 0 Å². The molecular formula is C12H16N4O2S2. The minimum absolute atomic E-state index is 0.287. The third-order valence-electron chi connectivity index (χ3n) is 2.44. The Balaban J connectivity index is 2.06. The van der Waals surface area contributed by atoms with E-state index in [4.69, 9.17) is 0 Å². The molecule has 0 aliphatic carbocycles. The Morgan fingerprint density at radius 2 is 2.00 bits per heavy atom. The molecule has 0 bridgehead atoms. The molecule has 8 heteroatoms. The van der Waals surface area contributed by atoms with E-state index in [2.05, 4.69) is 26.9 Å². The molecule has 0 saturated heterocycles. The van der Waals surface area contributed by atoms with Crippen molar-refractivity contribution in [2.45, 2.75) is 24.1 Å². The van der Waals surface area contributed by atoms with Crippen LogP contribution in [0.4, 0.5) is 5.69 Å². The Labute approximate surface area is 122 Å². The first kappa shape index (κ1) is 14.9. The summed E-state index contributed by atoms with van der Waals surface area (Å²) in [5.41, 5.74) is 0.353. The van der Waals surface area contributed by atoms with Gasteiger partial charge in [0.25, 0.3) is 10.0 Å². The molecule has 0 aromatic carbocycles. The fraction of sp³-hybridized carbons (Fsp3) is 0.333. The summed E-state index contributed by atoms with van der Waals surface area (Å²) in [4.78, 5) is 8.53. The molecule has 0 aliphatic heterocycles. The van der Waals surface area contributed by atoms with Gasteiger partial charge in [0.05, 0.1) is 18.1 Å². The molecule has 2 heterocycles. The number of nitrogens with one attached hydrogen (secondary N) is 2. The lowest BCUT2D eigenvalue weighted by Crippen LogP contribution is -2.13. The molecule has 20 heavy (non-hydrogen) atoms. The third kappa shape index (κ3) is 3.99. The number of nitrogens with zero attached hydrogens (tertiary/aromatic N) is 2. The summed E-state index contributed by atoms with van der Waals surface area (Å²) in [6.07, 6.45) is 5.23. The summed E-state index contributed by atoms with van der Waals surface area (Å²) >= 11 is 1.26. The van der Waals surface area contributed by atoms with E-state index in [0.717, 1.165) is 17.8 Å². The quantitative estimate of drug-likeness (QED) is 0.762. The van der Waals surface area contributed by atoms with E-state index in [9.17, 15) is 8.42 Å². The van der Waals surface area contributed by atoms with E-state index in [-0.39, 0.29) is 4.21 Å². The zero-order valence-corrected chi connectivity index (χ0v) is 12.7. The van der Waals surface area contributed by atoms with Gasteiger partial charge in [0.15, 0.2) is 0 Å². The van der Waals surface area contributed by atoms with Crippen LogP contribution in [-0.4, -0.2) is 24.9 Å². The van der Waals surface area contributed by atoms with E-state index in [1.807, 2.05) is 6.07 Å². The molecule has 6 nitrogen and oxygen atoms in total. The van der Waals surface area contributed by atoms with Gasteiger partial charge in [0.2, 0.25) is 0 Å². The number of thiophene rings is 1. The fourth-order valence-corrected chi connectivity index (χ4v) is 3.90. The monoisotopic (exact) mass is 312 g/mol. The Morgan fingerprint density at radius 1 is 1.25 bits per heavy atom. The zero-order valence-electron chi connectivity index (χ0n) is 11.0. The highest BCUT2D eigenvalue weighted by Crippen LogP contribution is 2.23. The van der Waals surface area contributed by atoms with Crippen LogP contribution in [0.15, 0.2) is 35.1 Å². The lowest BCUT2D eigenvalue weighted by Gasteiger charge is -2.04. The zero-order chi connectivity index (χ0) is 14.4. The number of sulfonamides is 1. The standard InChI is InChI=1S/C12H16N4O2S2/c1-2-5-13-8-11-3-4-12(19-11)20(17,18)16-10-6-14-9-15-7-10/h3-4,6-7,9,13,16H,2,5,8H2,1H3. The Hall–Kier alpha value is -1.51. The van der Waals surface area contributed by atoms with Gasteiger partial charge in [0, 0.05) is 11.4 Å². The molecule has 0 amide bonds. The summed E-state index contributed by atoms with van der Waals surface area (Å²) < 4.78 is 27.1. The van der Waals surface area contributed by atoms with Gasteiger partial charge in [-0.2, -0.15) is 0 Å². The Morgan fingerprint density at radius 3 is 2.70 bits per heavy atom. The molecule has 108 valence electrons. The maximum atomic E-state index is 12.2. The van der Waals surface area contributed by atoms with E-state index >= 15 is 0 Å². The minimum Gasteiger partial charge on any atom is -0.312 e. The fourth-order valence-electron chi connectivity index (χ4n) is 1.54. The van der Waals surface area contributed by atoms with Crippen LogP contribution < -0.4 is 10.0 Å². The molecule has 0 saturated carbocycles. The highest BCUT2D eigenvalue weighted by atomic mass is 32.2. The van der Waals surface area contributed by atoms with Crippen molar-refractivity contribution in [2.24, 2.45) is 0 Å². The maximum absolute atomic E-state index is 12.2. The smallest absolute Gasteiger partial charge is 0.271 e. The van der Waals surface area contributed by atoms with Gasteiger partial charge in [-0.05, 0) is 25.1 Å². The van der Waals surface area contributed by atoms with Crippen LogP contribution in [0, 0.1) is 0 Å². The number of hydrogen-bond donors (Lipinski definition) is 2.